The zero-order valence-electron chi connectivity index (χ0n) is 25.1. The first-order valence-corrected chi connectivity index (χ1v) is 14.6. The molecule has 1 fully saturated rings. The summed E-state index contributed by atoms with van der Waals surface area (Å²) in [6.07, 6.45) is 0.176. The number of hydrogen-bond donors (Lipinski definition) is 2. The van der Waals surface area contributed by atoms with E-state index in [0.717, 1.165) is 27.7 Å². The summed E-state index contributed by atoms with van der Waals surface area (Å²) in [5.41, 5.74) is 2.77. The minimum atomic E-state index is -1.10. The summed E-state index contributed by atoms with van der Waals surface area (Å²) in [5.74, 6) is -1.44. The molecule has 1 saturated heterocycles. The number of amides is 1. The van der Waals surface area contributed by atoms with Crippen molar-refractivity contribution in [2.24, 2.45) is 0 Å². The van der Waals surface area contributed by atoms with Crippen molar-refractivity contribution in [2.75, 3.05) is 0 Å². The Morgan fingerprint density at radius 1 is 0.721 bits per heavy atom. The van der Waals surface area contributed by atoms with Gasteiger partial charge in [0, 0.05) is 12.8 Å². The fourth-order valence-corrected chi connectivity index (χ4v) is 5.69. The summed E-state index contributed by atoms with van der Waals surface area (Å²) in [7, 11) is -0.504. The lowest BCUT2D eigenvalue weighted by Gasteiger charge is -2.36. The lowest BCUT2D eigenvalue weighted by molar-refractivity contribution is -0.141. The molecule has 7 heteroatoms. The average Bonchev–Trinajstić information content (AvgIpc) is 3.23. The summed E-state index contributed by atoms with van der Waals surface area (Å²) >= 11 is 0. The maximum absolute atomic E-state index is 13.8. The van der Waals surface area contributed by atoms with Gasteiger partial charge in [0.2, 0.25) is 5.91 Å². The van der Waals surface area contributed by atoms with Gasteiger partial charge in [-0.1, -0.05) is 115 Å². The van der Waals surface area contributed by atoms with Gasteiger partial charge in [-0.3, -0.25) is 4.79 Å². The zero-order chi connectivity index (χ0) is 30.7. The van der Waals surface area contributed by atoms with Crippen LogP contribution >= 0.6 is 0 Å². The fraction of sp³-hybridized carbons (Fsp3) is 0.278. The molecule has 1 heterocycles. The third-order valence-electron chi connectivity index (χ3n) is 8.80. The van der Waals surface area contributed by atoms with Crippen molar-refractivity contribution >= 4 is 24.5 Å². The van der Waals surface area contributed by atoms with Crippen LogP contribution in [0.4, 0.5) is 0 Å². The summed E-state index contributed by atoms with van der Waals surface area (Å²) in [6, 6.07) is 36.1. The molecule has 0 radical (unpaired) electrons. The van der Waals surface area contributed by atoms with Crippen molar-refractivity contribution in [1.29, 1.82) is 0 Å². The molecule has 1 amide bonds. The van der Waals surface area contributed by atoms with Crippen molar-refractivity contribution < 1.29 is 24.0 Å². The molecule has 4 aromatic rings. The van der Waals surface area contributed by atoms with Crippen LogP contribution in [0.5, 0.6) is 0 Å². The first-order chi connectivity index (χ1) is 20.5. The van der Waals surface area contributed by atoms with E-state index in [4.69, 9.17) is 9.31 Å². The van der Waals surface area contributed by atoms with Gasteiger partial charge in [-0.25, -0.2) is 4.79 Å². The van der Waals surface area contributed by atoms with E-state index in [1.807, 2.05) is 143 Å². The molecule has 6 nitrogen and oxygen atoms in total. The Bertz CT molecular complexity index is 1430. The quantitative estimate of drug-likeness (QED) is 0.192. The van der Waals surface area contributed by atoms with E-state index < -0.39 is 35.7 Å². The number of rotatable bonds is 10. The van der Waals surface area contributed by atoms with Crippen molar-refractivity contribution in [1.82, 2.24) is 5.32 Å². The Hall–Kier alpha value is -4.20. The molecule has 0 saturated carbocycles. The van der Waals surface area contributed by atoms with Gasteiger partial charge in [0.1, 0.15) is 6.04 Å². The predicted octanol–water partition coefficient (Wildman–Crippen LogP) is 5.52. The van der Waals surface area contributed by atoms with Crippen molar-refractivity contribution in [3.05, 3.63) is 138 Å². The van der Waals surface area contributed by atoms with E-state index in [2.05, 4.69) is 5.32 Å². The normalized spacial score (nSPS) is 16.4. The molecule has 43 heavy (non-hydrogen) atoms. The van der Waals surface area contributed by atoms with Crippen molar-refractivity contribution in [2.45, 2.75) is 63.2 Å². The highest BCUT2D eigenvalue weighted by atomic mass is 16.7. The predicted molar refractivity (Wildman–Crippen MR) is 169 cm³/mol. The van der Waals surface area contributed by atoms with Crippen LogP contribution in [0.15, 0.2) is 115 Å². The third-order valence-corrected chi connectivity index (χ3v) is 8.80. The second-order valence-corrected chi connectivity index (χ2v) is 12.2. The molecule has 4 aromatic carbocycles. The highest BCUT2D eigenvalue weighted by Gasteiger charge is 2.51. The number of nitrogens with one attached hydrogen (secondary N) is 1. The summed E-state index contributed by atoms with van der Waals surface area (Å²) in [4.78, 5) is 26.2. The highest BCUT2D eigenvalue weighted by Crippen LogP contribution is 2.42. The van der Waals surface area contributed by atoms with Crippen LogP contribution in [0, 0.1) is 0 Å². The molecular formula is C36H38BNO5. The Balaban J connectivity index is 1.39. The number of carbonyl (C=O) groups is 2. The fourth-order valence-electron chi connectivity index (χ4n) is 5.69. The molecule has 2 N–H and O–H groups in total. The van der Waals surface area contributed by atoms with Crippen LogP contribution in [0.2, 0.25) is 0 Å². The summed E-state index contributed by atoms with van der Waals surface area (Å²) in [6.45, 7) is 8.01. The Labute approximate surface area is 254 Å². The van der Waals surface area contributed by atoms with Crippen LogP contribution in [0.1, 0.15) is 56.4 Å². The molecule has 0 aliphatic carbocycles. The van der Waals surface area contributed by atoms with Crippen molar-refractivity contribution in [3.8, 4) is 0 Å². The molecule has 0 aromatic heterocycles. The lowest BCUT2D eigenvalue weighted by atomic mass is 9.67. The van der Waals surface area contributed by atoms with E-state index in [-0.39, 0.29) is 18.7 Å². The Kier molecular flexibility index (Phi) is 8.58. The van der Waals surface area contributed by atoms with E-state index in [0.29, 0.717) is 0 Å². The Morgan fingerprint density at radius 2 is 1.14 bits per heavy atom. The van der Waals surface area contributed by atoms with Gasteiger partial charge in [0.05, 0.1) is 16.6 Å². The van der Waals surface area contributed by atoms with E-state index >= 15 is 0 Å². The molecule has 1 atom stereocenters. The van der Waals surface area contributed by atoms with Crippen LogP contribution in [-0.4, -0.2) is 41.3 Å². The molecule has 5 rings (SSSR count). The van der Waals surface area contributed by atoms with Gasteiger partial charge in [-0.15, -0.1) is 0 Å². The first kappa shape index (κ1) is 30.3. The third kappa shape index (κ3) is 6.29. The SMILES string of the molecule is CC1(C)OB(c2ccc(C[C@H](NC(=O)CC(c3ccccc3)(c3ccccc3)c3ccccc3)C(=O)O)cc2)OC1(C)C. The van der Waals surface area contributed by atoms with Crippen LogP contribution in [0.25, 0.3) is 0 Å². The van der Waals surface area contributed by atoms with Gasteiger partial charge in [-0.05, 0) is 55.4 Å². The molecule has 0 bridgehead atoms. The zero-order valence-corrected chi connectivity index (χ0v) is 25.1. The van der Waals surface area contributed by atoms with Gasteiger partial charge in [0.25, 0.3) is 0 Å². The van der Waals surface area contributed by atoms with Crippen molar-refractivity contribution in [3.63, 3.8) is 0 Å². The first-order valence-electron chi connectivity index (χ1n) is 14.6. The number of carboxylic acid groups (broad SMARTS) is 1. The molecule has 0 spiro atoms. The minimum Gasteiger partial charge on any atom is -0.480 e. The summed E-state index contributed by atoms with van der Waals surface area (Å²) < 4.78 is 12.3. The smallest absolute Gasteiger partial charge is 0.480 e. The topological polar surface area (TPSA) is 84.9 Å². The maximum atomic E-state index is 13.8. The monoisotopic (exact) mass is 575 g/mol. The number of carboxylic acids is 1. The number of benzene rings is 4. The molecular weight excluding hydrogens is 537 g/mol. The van der Waals surface area contributed by atoms with Crippen LogP contribution in [0.3, 0.4) is 0 Å². The number of carbonyl (C=O) groups excluding carboxylic acids is 1. The molecule has 220 valence electrons. The molecule has 0 unspecified atom stereocenters. The van der Waals surface area contributed by atoms with Crippen LogP contribution in [-0.2, 0) is 30.7 Å². The van der Waals surface area contributed by atoms with E-state index in [1.165, 1.54) is 0 Å². The van der Waals surface area contributed by atoms with Gasteiger partial charge in [0.15, 0.2) is 0 Å². The van der Waals surface area contributed by atoms with Gasteiger partial charge in [-0.2, -0.15) is 0 Å². The number of aliphatic carboxylic acids is 1. The van der Waals surface area contributed by atoms with E-state index in [9.17, 15) is 14.7 Å². The highest BCUT2D eigenvalue weighted by molar-refractivity contribution is 6.62. The maximum Gasteiger partial charge on any atom is 0.494 e. The second-order valence-electron chi connectivity index (χ2n) is 12.2. The largest absolute Gasteiger partial charge is 0.494 e. The standard InChI is InChI=1S/C36H38BNO5/c1-34(2)35(3,4)43-37(42-34)30-22-20-26(21-23-30)24-31(33(40)41)38-32(39)25-36(27-14-8-5-9-15-27,28-16-10-6-11-17-28)29-18-12-7-13-19-29/h5-23,31H,24-25H2,1-4H3,(H,38,39)(H,40,41)/t31-/m0/s1. The van der Waals surface area contributed by atoms with Gasteiger partial charge >= 0.3 is 13.1 Å². The minimum absolute atomic E-state index is 0.0374. The second kappa shape index (κ2) is 12.2. The summed E-state index contributed by atoms with van der Waals surface area (Å²) in [5, 5.41) is 13.0. The van der Waals surface area contributed by atoms with Crippen LogP contribution < -0.4 is 10.8 Å². The Morgan fingerprint density at radius 3 is 1.53 bits per heavy atom. The molecule has 1 aliphatic heterocycles. The lowest BCUT2D eigenvalue weighted by Crippen LogP contribution is -2.45. The number of hydrogen-bond acceptors (Lipinski definition) is 4. The average molecular weight is 576 g/mol. The molecule has 1 aliphatic rings. The van der Waals surface area contributed by atoms with Gasteiger partial charge < -0.3 is 19.7 Å². The van der Waals surface area contributed by atoms with E-state index in [1.54, 1.807) is 0 Å².